The predicted molar refractivity (Wildman–Crippen MR) is 96.5 cm³/mol. The summed E-state index contributed by atoms with van der Waals surface area (Å²) in [5.41, 5.74) is 0.989. The number of carbonyl (C=O) groups excluding carboxylic acids is 1. The lowest BCUT2D eigenvalue weighted by atomic mass is 10.1. The smallest absolute Gasteiger partial charge is 0.314 e. The molecule has 0 saturated carbocycles. The van der Waals surface area contributed by atoms with Crippen LogP contribution in [0.2, 0.25) is 0 Å². The van der Waals surface area contributed by atoms with Crippen LogP contribution in [0, 0.1) is 11.6 Å². The zero-order valence-electron chi connectivity index (χ0n) is 15.2. The number of rotatable bonds is 9. The Hall–Kier alpha value is -3.03. The first-order valence-corrected chi connectivity index (χ1v) is 8.34. The number of hydrogen-bond donors (Lipinski definition) is 2. The van der Waals surface area contributed by atoms with Gasteiger partial charge in [0.05, 0.1) is 20.8 Å². The molecule has 0 unspecified atom stereocenters. The van der Waals surface area contributed by atoms with Crippen LogP contribution in [0.3, 0.4) is 0 Å². The standard InChI is InChI=1S/C19H22F2N2O4/c1-25-17-5-3-13(11-18(17)26-2)7-8-22-19(24)23-9-10-27-16-6-4-14(20)12-15(16)21/h3-6,11-12H,7-10H2,1-2H3,(H2,22,23,24). The van der Waals surface area contributed by atoms with Crippen molar-refractivity contribution in [2.75, 3.05) is 33.9 Å². The molecule has 0 aliphatic rings. The first kappa shape index (κ1) is 20.3. The number of nitrogens with one attached hydrogen (secondary N) is 2. The highest BCUT2D eigenvalue weighted by Crippen LogP contribution is 2.27. The summed E-state index contributed by atoms with van der Waals surface area (Å²) >= 11 is 0. The van der Waals surface area contributed by atoms with Gasteiger partial charge in [-0.25, -0.2) is 13.6 Å². The Kier molecular flexibility index (Phi) is 7.66. The molecule has 27 heavy (non-hydrogen) atoms. The molecule has 0 saturated heterocycles. The molecule has 0 fully saturated rings. The normalized spacial score (nSPS) is 10.2. The third kappa shape index (κ3) is 6.32. The SMILES string of the molecule is COc1ccc(CCNC(=O)NCCOc2ccc(F)cc2F)cc1OC. The average Bonchev–Trinajstić information content (AvgIpc) is 2.66. The zero-order valence-corrected chi connectivity index (χ0v) is 15.2. The van der Waals surface area contributed by atoms with Crippen molar-refractivity contribution in [3.63, 3.8) is 0 Å². The fraction of sp³-hybridized carbons (Fsp3) is 0.316. The summed E-state index contributed by atoms with van der Waals surface area (Å²) in [4.78, 5) is 11.7. The number of ether oxygens (including phenoxy) is 3. The minimum Gasteiger partial charge on any atom is -0.493 e. The van der Waals surface area contributed by atoms with E-state index in [2.05, 4.69) is 10.6 Å². The van der Waals surface area contributed by atoms with Gasteiger partial charge >= 0.3 is 6.03 Å². The molecule has 6 nitrogen and oxygen atoms in total. The summed E-state index contributed by atoms with van der Waals surface area (Å²) in [6, 6.07) is 8.23. The summed E-state index contributed by atoms with van der Waals surface area (Å²) in [5, 5.41) is 5.31. The third-order valence-corrected chi connectivity index (χ3v) is 3.69. The van der Waals surface area contributed by atoms with Crippen LogP contribution in [0.1, 0.15) is 5.56 Å². The maximum atomic E-state index is 13.4. The number of halogens is 2. The summed E-state index contributed by atoms with van der Waals surface area (Å²) in [6.07, 6.45) is 0.616. The van der Waals surface area contributed by atoms with Crippen LogP contribution in [-0.4, -0.2) is 39.9 Å². The van der Waals surface area contributed by atoms with Crippen LogP contribution in [-0.2, 0) is 6.42 Å². The first-order chi connectivity index (χ1) is 13.0. The van der Waals surface area contributed by atoms with E-state index >= 15 is 0 Å². The number of hydrogen-bond acceptors (Lipinski definition) is 4. The first-order valence-electron chi connectivity index (χ1n) is 8.34. The average molecular weight is 380 g/mol. The van der Waals surface area contributed by atoms with Gasteiger partial charge < -0.3 is 24.8 Å². The Balaban J connectivity index is 1.66. The van der Waals surface area contributed by atoms with Gasteiger partial charge in [-0.15, -0.1) is 0 Å². The van der Waals surface area contributed by atoms with Gasteiger partial charge in [0.1, 0.15) is 12.4 Å². The van der Waals surface area contributed by atoms with Crippen LogP contribution in [0.15, 0.2) is 36.4 Å². The molecular formula is C19H22F2N2O4. The lowest BCUT2D eigenvalue weighted by Crippen LogP contribution is -2.38. The van der Waals surface area contributed by atoms with Gasteiger partial charge in [0, 0.05) is 12.6 Å². The quantitative estimate of drug-likeness (QED) is 0.657. The number of methoxy groups -OCH3 is 2. The van der Waals surface area contributed by atoms with Crippen LogP contribution >= 0.6 is 0 Å². The van der Waals surface area contributed by atoms with Crippen molar-refractivity contribution in [2.24, 2.45) is 0 Å². The molecule has 2 aromatic rings. The minimum atomic E-state index is -0.783. The van der Waals surface area contributed by atoms with Crippen LogP contribution in [0.4, 0.5) is 13.6 Å². The molecule has 0 atom stereocenters. The highest BCUT2D eigenvalue weighted by molar-refractivity contribution is 5.73. The highest BCUT2D eigenvalue weighted by Gasteiger charge is 2.07. The molecule has 0 radical (unpaired) electrons. The van der Waals surface area contributed by atoms with Gasteiger partial charge in [0.25, 0.3) is 0 Å². The van der Waals surface area contributed by atoms with Crippen molar-refractivity contribution >= 4 is 6.03 Å². The van der Waals surface area contributed by atoms with E-state index < -0.39 is 11.6 Å². The highest BCUT2D eigenvalue weighted by atomic mass is 19.1. The van der Waals surface area contributed by atoms with Crippen LogP contribution in [0.25, 0.3) is 0 Å². The van der Waals surface area contributed by atoms with Gasteiger partial charge in [-0.3, -0.25) is 0 Å². The molecule has 2 amide bonds. The van der Waals surface area contributed by atoms with E-state index in [1.807, 2.05) is 12.1 Å². The van der Waals surface area contributed by atoms with Gasteiger partial charge in [0.15, 0.2) is 23.1 Å². The van der Waals surface area contributed by atoms with Gasteiger partial charge in [-0.2, -0.15) is 0 Å². The van der Waals surface area contributed by atoms with Crippen molar-refractivity contribution in [3.05, 3.63) is 53.6 Å². The molecule has 2 aromatic carbocycles. The summed E-state index contributed by atoms with van der Waals surface area (Å²) < 4.78 is 41.7. The maximum Gasteiger partial charge on any atom is 0.314 e. The van der Waals surface area contributed by atoms with E-state index in [1.54, 1.807) is 20.3 Å². The second-order valence-electron chi connectivity index (χ2n) is 5.55. The van der Waals surface area contributed by atoms with E-state index in [4.69, 9.17) is 14.2 Å². The van der Waals surface area contributed by atoms with Crippen molar-refractivity contribution in [1.82, 2.24) is 10.6 Å². The van der Waals surface area contributed by atoms with Gasteiger partial charge in [-0.1, -0.05) is 6.07 Å². The summed E-state index contributed by atoms with van der Waals surface area (Å²) in [7, 11) is 3.13. The van der Waals surface area contributed by atoms with Gasteiger partial charge in [-0.05, 0) is 36.2 Å². The van der Waals surface area contributed by atoms with E-state index in [0.29, 0.717) is 24.5 Å². The van der Waals surface area contributed by atoms with Crippen molar-refractivity contribution in [1.29, 1.82) is 0 Å². The fourth-order valence-corrected chi connectivity index (χ4v) is 2.34. The molecule has 0 spiro atoms. The lowest BCUT2D eigenvalue weighted by molar-refractivity contribution is 0.236. The second kappa shape index (κ2) is 10.2. The van der Waals surface area contributed by atoms with E-state index in [0.717, 1.165) is 17.7 Å². The van der Waals surface area contributed by atoms with Crippen LogP contribution in [0.5, 0.6) is 17.2 Å². The van der Waals surface area contributed by atoms with Gasteiger partial charge in [0.2, 0.25) is 0 Å². The lowest BCUT2D eigenvalue weighted by Gasteiger charge is -2.11. The summed E-state index contributed by atoms with van der Waals surface area (Å²) in [6.45, 7) is 0.666. The number of amides is 2. The second-order valence-corrected chi connectivity index (χ2v) is 5.55. The summed E-state index contributed by atoms with van der Waals surface area (Å²) in [5.74, 6) is -0.248. The number of urea groups is 1. The molecule has 0 aromatic heterocycles. The largest absolute Gasteiger partial charge is 0.493 e. The Morgan fingerprint density at radius 2 is 1.63 bits per heavy atom. The Morgan fingerprint density at radius 3 is 2.33 bits per heavy atom. The van der Waals surface area contributed by atoms with Crippen molar-refractivity contribution in [2.45, 2.75) is 6.42 Å². The molecule has 146 valence electrons. The third-order valence-electron chi connectivity index (χ3n) is 3.69. The Labute approximate surface area is 156 Å². The molecule has 8 heteroatoms. The maximum absolute atomic E-state index is 13.4. The molecule has 0 bridgehead atoms. The van der Waals surface area contributed by atoms with E-state index in [9.17, 15) is 13.6 Å². The fourth-order valence-electron chi connectivity index (χ4n) is 2.34. The monoisotopic (exact) mass is 380 g/mol. The van der Waals surface area contributed by atoms with E-state index in [1.165, 1.54) is 6.07 Å². The van der Waals surface area contributed by atoms with Crippen molar-refractivity contribution < 1.29 is 27.8 Å². The van der Waals surface area contributed by atoms with Crippen molar-refractivity contribution in [3.8, 4) is 17.2 Å². The molecule has 0 heterocycles. The predicted octanol–water partition coefficient (Wildman–Crippen LogP) is 2.90. The Morgan fingerprint density at radius 1 is 0.926 bits per heavy atom. The number of carbonyl (C=O) groups is 1. The minimum absolute atomic E-state index is 0.0612. The van der Waals surface area contributed by atoms with Crippen LogP contribution < -0.4 is 24.8 Å². The number of benzene rings is 2. The van der Waals surface area contributed by atoms with E-state index in [-0.39, 0.29) is 24.9 Å². The topological polar surface area (TPSA) is 68.8 Å². The molecule has 0 aliphatic heterocycles. The zero-order chi connectivity index (χ0) is 19.6. The Bertz CT molecular complexity index is 771. The molecular weight excluding hydrogens is 358 g/mol. The molecule has 2 N–H and O–H groups in total. The molecule has 2 rings (SSSR count). The molecule has 0 aliphatic carbocycles.